The standard InChI is InChI=1S/C33H36N2O6/c1-6-34-22-10-13-26-29(18-22)41-30-19-23(35-7-2)11-14-27(30)31(26)25-15-12-24(20-28(25)33(37)38-8-3)39-16-9-17-40-32(36)21(4)5/h10-15,18-20,34H,4,6-9,16-17H2,1-3,5H3. The second kappa shape index (κ2) is 13.7. The molecule has 0 atom stereocenters. The van der Waals surface area contributed by atoms with Crippen molar-refractivity contribution in [1.29, 1.82) is 0 Å². The molecule has 1 N–H and O–H groups in total. The van der Waals surface area contributed by atoms with E-state index in [2.05, 4.69) is 16.9 Å². The molecule has 0 unspecified atom stereocenters. The summed E-state index contributed by atoms with van der Waals surface area (Å²) in [6.45, 7) is 13.2. The molecule has 1 aliphatic heterocycles. The van der Waals surface area contributed by atoms with E-state index in [9.17, 15) is 9.59 Å². The van der Waals surface area contributed by atoms with Gasteiger partial charge >= 0.3 is 11.9 Å². The highest BCUT2D eigenvalue weighted by Crippen LogP contribution is 2.42. The van der Waals surface area contributed by atoms with Gasteiger partial charge in [-0.25, -0.2) is 9.59 Å². The molecular formula is C33H36N2O6. The summed E-state index contributed by atoms with van der Waals surface area (Å²) >= 11 is 0. The lowest BCUT2D eigenvalue weighted by Crippen LogP contribution is -2.10. The van der Waals surface area contributed by atoms with Gasteiger partial charge in [0.2, 0.25) is 0 Å². The van der Waals surface area contributed by atoms with Crippen LogP contribution in [-0.4, -0.2) is 44.8 Å². The number of nitrogens with one attached hydrogen (secondary N) is 1. The van der Waals surface area contributed by atoms with E-state index in [0.29, 0.717) is 53.4 Å². The first-order chi connectivity index (χ1) is 19.9. The fourth-order valence-corrected chi connectivity index (χ4v) is 4.51. The molecular weight excluding hydrogens is 520 g/mol. The summed E-state index contributed by atoms with van der Waals surface area (Å²) in [4.78, 5) is 29.4. The first-order valence-corrected chi connectivity index (χ1v) is 13.9. The molecule has 2 aromatic carbocycles. The maximum atomic E-state index is 13.3. The molecule has 2 aromatic rings. The first kappa shape index (κ1) is 29.4. The van der Waals surface area contributed by atoms with E-state index < -0.39 is 11.9 Å². The van der Waals surface area contributed by atoms with Gasteiger partial charge in [0.15, 0.2) is 0 Å². The van der Waals surface area contributed by atoms with Crippen LogP contribution in [0.4, 0.5) is 5.69 Å². The van der Waals surface area contributed by atoms with Crippen LogP contribution in [0.2, 0.25) is 0 Å². The van der Waals surface area contributed by atoms with Crippen molar-refractivity contribution in [2.75, 3.05) is 38.2 Å². The second-order valence-electron chi connectivity index (χ2n) is 9.42. The Kier molecular flexibility index (Phi) is 9.79. The summed E-state index contributed by atoms with van der Waals surface area (Å²) < 4.78 is 22.9. The number of nitrogens with zero attached hydrogens (tertiary/aromatic N) is 1. The van der Waals surface area contributed by atoms with Crippen molar-refractivity contribution in [3.05, 3.63) is 77.7 Å². The molecule has 0 saturated carbocycles. The highest BCUT2D eigenvalue weighted by Gasteiger charge is 2.23. The van der Waals surface area contributed by atoms with Crippen LogP contribution in [0.1, 0.15) is 44.5 Å². The summed E-state index contributed by atoms with van der Waals surface area (Å²) in [5.41, 5.74) is 4.75. The maximum Gasteiger partial charge on any atom is 0.338 e. The third-order valence-corrected chi connectivity index (χ3v) is 6.32. The summed E-state index contributed by atoms with van der Waals surface area (Å²) in [5.74, 6) is 0.291. The minimum atomic E-state index is -0.452. The topological polar surface area (TPSA) is 99.4 Å². The Morgan fingerprint density at radius 3 is 2.49 bits per heavy atom. The molecule has 0 radical (unpaired) electrons. The molecule has 0 amide bonds. The quantitative estimate of drug-likeness (QED) is 0.0906. The number of fused-ring (bicyclic) bond motifs is 2. The number of hydrogen-bond donors (Lipinski definition) is 1. The number of rotatable bonds is 12. The van der Waals surface area contributed by atoms with Crippen molar-refractivity contribution in [2.24, 2.45) is 4.99 Å². The van der Waals surface area contributed by atoms with Gasteiger partial charge in [0, 0.05) is 59.4 Å². The predicted octanol–water partition coefficient (Wildman–Crippen LogP) is 6.62. The number of carbonyl (C=O) groups excluding carboxylic acids is 2. The first-order valence-electron chi connectivity index (χ1n) is 13.9. The van der Waals surface area contributed by atoms with Crippen LogP contribution in [0.15, 0.2) is 76.2 Å². The van der Waals surface area contributed by atoms with Crippen LogP contribution in [0.3, 0.4) is 0 Å². The molecule has 8 heteroatoms. The Hall–Kier alpha value is -4.59. The maximum absolute atomic E-state index is 13.3. The number of benzene rings is 3. The normalized spacial score (nSPS) is 11.5. The van der Waals surface area contributed by atoms with Crippen molar-refractivity contribution in [1.82, 2.24) is 0 Å². The number of carbonyl (C=O) groups is 2. The number of ether oxygens (including phenoxy) is 3. The Labute approximate surface area is 240 Å². The van der Waals surface area contributed by atoms with Crippen molar-refractivity contribution >= 4 is 28.6 Å². The summed E-state index contributed by atoms with van der Waals surface area (Å²) in [7, 11) is 0. The predicted molar refractivity (Wildman–Crippen MR) is 160 cm³/mol. The third kappa shape index (κ3) is 6.95. The molecule has 8 nitrogen and oxygen atoms in total. The molecule has 4 rings (SSSR count). The lowest BCUT2D eigenvalue weighted by atomic mass is 9.90. The Balaban J connectivity index is 1.80. The number of anilines is 1. The van der Waals surface area contributed by atoms with Gasteiger partial charge in [-0.2, -0.15) is 0 Å². The van der Waals surface area contributed by atoms with Crippen LogP contribution < -0.4 is 15.4 Å². The van der Waals surface area contributed by atoms with Crippen LogP contribution >= 0.6 is 0 Å². The van der Waals surface area contributed by atoms with Crippen molar-refractivity contribution in [2.45, 2.75) is 34.1 Å². The second-order valence-corrected chi connectivity index (χ2v) is 9.42. The largest absolute Gasteiger partial charge is 0.493 e. The molecule has 41 heavy (non-hydrogen) atoms. The summed E-state index contributed by atoms with van der Waals surface area (Å²) in [6, 6.07) is 17.2. The zero-order chi connectivity index (χ0) is 29.4. The van der Waals surface area contributed by atoms with E-state index in [1.807, 2.05) is 62.4 Å². The van der Waals surface area contributed by atoms with E-state index in [-0.39, 0.29) is 13.2 Å². The number of hydrogen-bond acceptors (Lipinski definition) is 8. The molecule has 0 fully saturated rings. The van der Waals surface area contributed by atoms with E-state index in [1.54, 1.807) is 19.9 Å². The molecule has 2 aliphatic rings. The average molecular weight is 557 g/mol. The van der Waals surface area contributed by atoms with E-state index in [4.69, 9.17) is 18.6 Å². The Bertz CT molecular complexity index is 1600. The SMILES string of the molecule is C=C(C)C(=O)OCCCOc1ccc(-c2c3ccc(=NCC)cc-3oc3cc(NCC)ccc23)c(C(=O)OCC)c1. The molecule has 1 aliphatic carbocycles. The van der Waals surface area contributed by atoms with Crippen LogP contribution in [-0.2, 0) is 14.3 Å². The van der Waals surface area contributed by atoms with Crippen molar-refractivity contribution in [3.8, 4) is 28.2 Å². The van der Waals surface area contributed by atoms with Gasteiger partial charge < -0.3 is 23.9 Å². The number of esters is 2. The molecule has 0 spiro atoms. The van der Waals surface area contributed by atoms with Gasteiger partial charge in [-0.1, -0.05) is 6.58 Å². The highest BCUT2D eigenvalue weighted by molar-refractivity contribution is 6.08. The highest BCUT2D eigenvalue weighted by atomic mass is 16.5. The minimum Gasteiger partial charge on any atom is -0.493 e. The van der Waals surface area contributed by atoms with Crippen LogP contribution in [0, 0.1) is 0 Å². The average Bonchev–Trinajstić information content (AvgIpc) is 2.96. The van der Waals surface area contributed by atoms with E-state index >= 15 is 0 Å². The van der Waals surface area contributed by atoms with E-state index in [1.165, 1.54) is 0 Å². The van der Waals surface area contributed by atoms with Gasteiger partial charge in [-0.15, -0.1) is 0 Å². The zero-order valence-electron chi connectivity index (χ0n) is 24.0. The fraction of sp³-hybridized carbons (Fsp3) is 0.303. The van der Waals surface area contributed by atoms with Gasteiger partial charge in [-0.05, 0) is 75.7 Å². The lowest BCUT2D eigenvalue weighted by Gasteiger charge is -2.19. The Morgan fingerprint density at radius 2 is 1.76 bits per heavy atom. The molecule has 0 saturated heterocycles. The van der Waals surface area contributed by atoms with Gasteiger partial charge in [0.25, 0.3) is 0 Å². The van der Waals surface area contributed by atoms with Gasteiger partial charge in [-0.3, -0.25) is 4.99 Å². The van der Waals surface area contributed by atoms with Crippen molar-refractivity contribution in [3.63, 3.8) is 0 Å². The fourth-order valence-electron chi connectivity index (χ4n) is 4.51. The zero-order valence-corrected chi connectivity index (χ0v) is 24.0. The lowest BCUT2D eigenvalue weighted by molar-refractivity contribution is -0.139. The summed E-state index contributed by atoms with van der Waals surface area (Å²) in [5, 5.41) is 5.01. The smallest absolute Gasteiger partial charge is 0.338 e. The molecule has 1 heterocycles. The molecule has 0 bridgehead atoms. The van der Waals surface area contributed by atoms with Gasteiger partial charge in [0.1, 0.15) is 17.1 Å². The Morgan fingerprint density at radius 1 is 0.951 bits per heavy atom. The van der Waals surface area contributed by atoms with Crippen molar-refractivity contribution < 1.29 is 28.2 Å². The minimum absolute atomic E-state index is 0.210. The summed E-state index contributed by atoms with van der Waals surface area (Å²) in [6.07, 6.45) is 0.490. The van der Waals surface area contributed by atoms with Crippen LogP contribution in [0.25, 0.3) is 33.4 Å². The van der Waals surface area contributed by atoms with Gasteiger partial charge in [0.05, 0.1) is 30.7 Å². The molecule has 214 valence electrons. The molecule has 0 aromatic heterocycles. The van der Waals surface area contributed by atoms with Crippen LogP contribution in [0.5, 0.6) is 5.75 Å². The third-order valence-electron chi connectivity index (χ3n) is 6.32. The van der Waals surface area contributed by atoms with E-state index in [0.717, 1.165) is 34.1 Å². The monoisotopic (exact) mass is 556 g/mol.